The lowest BCUT2D eigenvalue weighted by Crippen LogP contribution is -2.30. The Labute approximate surface area is 575 Å². The van der Waals surface area contributed by atoms with E-state index in [0.717, 1.165) is 114 Å². The van der Waals surface area contributed by atoms with Gasteiger partial charge in [0, 0.05) is 25.7 Å². The summed E-state index contributed by atoms with van der Waals surface area (Å²) in [4.78, 5) is 72.8. The minimum absolute atomic E-state index is 0.105. The van der Waals surface area contributed by atoms with Gasteiger partial charge in [0.1, 0.15) is 19.3 Å². The molecule has 3 N–H and O–H groups in total. The van der Waals surface area contributed by atoms with Gasteiger partial charge in [-0.1, -0.05) is 325 Å². The maximum absolute atomic E-state index is 13.1. The van der Waals surface area contributed by atoms with Gasteiger partial charge in [-0.3, -0.25) is 37.3 Å². The second-order valence-corrected chi connectivity index (χ2v) is 31.6. The Kier molecular flexibility index (Phi) is 63.1. The van der Waals surface area contributed by atoms with Crippen molar-refractivity contribution < 1.29 is 80.2 Å². The van der Waals surface area contributed by atoms with Gasteiger partial charge in [-0.05, 0) is 49.4 Å². The summed E-state index contributed by atoms with van der Waals surface area (Å²) in [5, 5.41) is 10.6. The van der Waals surface area contributed by atoms with E-state index in [2.05, 4.69) is 55.4 Å². The number of unbranched alkanes of at least 4 members (excludes halogenated alkanes) is 37. The van der Waals surface area contributed by atoms with E-state index in [-0.39, 0.29) is 25.7 Å². The smallest absolute Gasteiger partial charge is 0.462 e. The van der Waals surface area contributed by atoms with Crippen LogP contribution in [-0.4, -0.2) is 96.7 Å². The zero-order chi connectivity index (χ0) is 69.6. The third-order valence-electron chi connectivity index (χ3n) is 17.7. The molecule has 0 aliphatic carbocycles. The molecular weight excluding hydrogens is 1230 g/mol. The van der Waals surface area contributed by atoms with Gasteiger partial charge in [-0.15, -0.1) is 0 Å². The molecule has 0 saturated carbocycles. The maximum Gasteiger partial charge on any atom is 0.472 e. The first kappa shape index (κ1) is 92.1. The molecule has 0 aliphatic heterocycles. The van der Waals surface area contributed by atoms with E-state index in [9.17, 15) is 43.2 Å². The second kappa shape index (κ2) is 64.4. The Morgan fingerprint density at radius 2 is 0.511 bits per heavy atom. The van der Waals surface area contributed by atoms with Gasteiger partial charge in [0.15, 0.2) is 12.2 Å². The molecule has 6 atom stereocenters. The van der Waals surface area contributed by atoms with E-state index in [0.29, 0.717) is 25.7 Å². The average molecular weight is 1380 g/mol. The second-order valence-electron chi connectivity index (χ2n) is 28.7. The summed E-state index contributed by atoms with van der Waals surface area (Å²) in [6.45, 7) is 14.2. The van der Waals surface area contributed by atoms with Gasteiger partial charge >= 0.3 is 39.5 Å². The standard InChI is InChI=1S/C75H146O17P2/c1-9-68(8)54-46-38-30-21-16-18-24-34-42-50-58-75(80)91-70(61-85-72(77)55-47-39-31-22-14-12-10-11-13-19-27-35-43-51-65(2)3)63-89-93(81,82)87-59-69(76)60-88-94(83,84)90-64-71(62-86-73(78)56-48-40-32-26-25-29-37-45-53-67(6)7)92-74(79)57-49-41-33-23-17-15-20-28-36-44-52-66(4)5/h65-71,76H,9-64H2,1-8H3,(H,81,82)(H,83,84)/t68?,69?,70-,71-/m1/s1. The molecule has 0 amide bonds. The number of aliphatic hydroxyl groups excluding tert-OH is 1. The fourth-order valence-electron chi connectivity index (χ4n) is 11.3. The van der Waals surface area contributed by atoms with Crippen molar-refractivity contribution in [3.8, 4) is 0 Å². The highest BCUT2D eigenvalue weighted by molar-refractivity contribution is 7.47. The number of rotatable bonds is 72. The largest absolute Gasteiger partial charge is 0.472 e. The highest BCUT2D eigenvalue weighted by Crippen LogP contribution is 2.45. The number of ether oxygens (including phenoxy) is 4. The summed E-state index contributed by atoms with van der Waals surface area (Å²) in [7, 11) is -9.91. The minimum Gasteiger partial charge on any atom is -0.462 e. The van der Waals surface area contributed by atoms with Gasteiger partial charge in [0.2, 0.25) is 0 Å². The van der Waals surface area contributed by atoms with Crippen molar-refractivity contribution in [2.24, 2.45) is 23.7 Å². The molecule has 0 radical (unpaired) electrons. The predicted molar refractivity (Wildman–Crippen MR) is 381 cm³/mol. The molecule has 558 valence electrons. The van der Waals surface area contributed by atoms with Crippen LogP contribution in [0.1, 0.15) is 376 Å². The van der Waals surface area contributed by atoms with Crippen molar-refractivity contribution in [3.05, 3.63) is 0 Å². The number of carbonyl (C=O) groups excluding carboxylic acids is 4. The van der Waals surface area contributed by atoms with Crippen LogP contribution in [0.2, 0.25) is 0 Å². The summed E-state index contributed by atoms with van der Waals surface area (Å²) in [5.74, 6) is 0.950. The molecule has 0 saturated heterocycles. The fourth-order valence-corrected chi connectivity index (χ4v) is 12.9. The van der Waals surface area contributed by atoms with Crippen molar-refractivity contribution in [2.45, 2.75) is 395 Å². The van der Waals surface area contributed by atoms with Crippen molar-refractivity contribution >= 4 is 39.5 Å². The van der Waals surface area contributed by atoms with Crippen molar-refractivity contribution in [1.29, 1.82) is 0 Å². The zero-order valence-electron chi connectivity index (χ0n) is 61.6. The number of hydrogen-bond donors (Lipinski definition) is 3. The molecule has 19 heteroatoms. The lowest BCUT2D eigenvalue weighted by molar-refractivity contribution is -0.161. The van der Waals surface area contributed by atoms with Gasteiger partial charge in [-0.2, -0.15) is 0 Å². The fraction of sp³-hybridized carbons (Fsp3) is 0.947. The minimum atomic E-state index is -4.96. The molecule has 0 spiro atoms. The van der Waals surface area contributed by atoms with Crippen LogP contribution in [0, 0.1) is 23.7 Å². The van der Waals surface area contributed by atoms with Gasteiger partial charge in [0.25, 0.3) is 0 Å². The van der Waals surface area contributed by atoms with Crippen LogP contribution in [0.15, 0.2) is 0 Å². The van der Waals surface area contributed by atoms with Crippen LogP contribution < -0.4 is 0 Å². The summed E-state index contributed by atoms with van der Waals surface area (Å²) in [6, 6.07) is 0. The molecule has 17 nitrogen and oxygen atoms in total. The third kappa shape index (κ3) is 67.3. The molecule has 0 bridgehead atoms. The van der Waals surface area contributed by atoms with E-state index in [1.807, 2.05) is 0 Å². The molecule has 0 fully saturated rings. The van der Waals surface area contributed by atoms with E-state index in [1.54, 1.807) is 0 Å². The summed E-state index contributed by atoms with van der Waals surface area (Å²) >= 11 is 0. The topological polar surface area (TPSA) is 237 Å². The van der Waals surface area contributed by atoms with Crippen LogP contribution in [0.25, 0.3) is 0 Å². The Morgan fingerprint density at radius 1 is 0.298 bits per heavy atom. The quantitative estimate of drug-likeness (QED) is 0.0222. The molecule has 4 unspecified atom stereocenters. The van der Waals surface area contributed by atoms with Crippen LogP contribution in [0.4, 0.5) is 0 Å². The Bertz CT molecular complexity index is 1850. The van der Waals surface area contributed by atoms with E-state index < -0.39 is 97.5 Å². The molecule has 0 heterocycles. The molecule has 0 aliphatic rings. The maximum atomic E-state index is 13.1. The third-order valence-corrected chi connectivity index (χ3v) is 19.6. The molecule has 0 aromatic rings. The first-order valence-electron chi connectivity index (χ1n) is 38.7. The lowest BCUT2D eigenvalue weighted by atomic mass is 9.99. The van der Waals surface area contributed by atoms with Crippen molar-refractivity contribution in [1.82, 2.24) is 0 Å². The summed E-state index contributed by atoms with van der Waals surface area (Å²) in [5.41, 5.74) is 0. The predicted octanol–water partition coefficient (Wildman–Crippen LogP) is 21.7. The van der Waals surface area contributed by atoms with Crippen LogP contribution in [0.5, 0.6) is 0 Å². The van der Waals surface area contributed by atoms with Crippen LogP contribution in [0.3, 0.4) is 0 Å². The number of carbonyl (C=O) groups is 4. The Hall–Kier alpha value is -1.94. The number of phosphoric acid groups is 2. The Balaban J connectivity index is 5.27. The van der Waals surface area contributed by atoms with Crippen molar-refractivity contribution in [2.75, 3.05) is 39.6 Å². The normalized spacial score (nSPS) is 14.4. The van der Waals surface area contributed by atoms with Gasteiger partial charge in [0.05, 0.1) is 26.4 Å². The van der Waals surface area contributed by atoms with E-state index in [1.165, 1.54) is 180 Å². The number of hydrogen-bond acceptors (Lipinski definition) is 15. The van der Waals surface area contributed by atoms with E-state index >= 15 is 0 Å². The number of phosphoric ester groups is 2. The SMILES string of the molecule is CCC(C)CCCCCCCCCCCCC(=O)O[C@H](COC(=O)CCCCCCCCCCCCCCCC(C)C)COP(=O)(O)OCC(O)COP(=O)(O)OC[C@@H](COC(=O)CCCCCCCCCCC(C)C)OC(=O)CCCCCCCCCCCCC(C)C. The van der Waals surface area contributed by atoms with Crippen LogP contribution >= 0.6 is 15.6 Å². The molecular formula is C75H146O17P2. The molecule has 0 aromatic heterocycles. The highest BCUT2D eigenvalue weighted by atomic mass is 31.2. The molecule has 0 aromatic carbocycles. The number of esters is 4. The van der Waals surface area contributed by atoms with Crippen molar-refractivity contribution in [3.63, 3.8) is 0 Å². The summed E-state index contributed by atoms with van der Waals surface area (Å²) in [6.07, 6.45) is 48.5. The monoisotopic (exact) mass is 1380 g/mol. The van der Waals surface area contributed by atoms with E-state index in [4.69, 9.17) is 37.0 Å². The number of aliphatic hydroxyl groups is 1. The zero-order valence-corrected chi connectivity index (χ0v) is 63.4. The highest BCUT2D eigenvalue weighted by Gasteiger charge is 2.30. The first-order chi connectivity index (χ1) is 45.1. The lowest BCUT2D eigenvalue weighted by Gasteiger charge is -2.21. The first-order valence-corrected chi connectivity index (χ1v) is 41.7. The van der Waals surface area contributed by atoms with Crippen LogP contribution in [-0.2, 0) is 65.4 Å². The average Bonchev–Trinajstić information content (AvgIpc) is 1.57. The molecule has 94 heavy (non-hydrogen) atoms. The summed E-state index contributed by atoms with van der Waals surface area (Å²) < 4.78 is 68.5. The Morgan fingerprint density at radius 3 is 0.755 bits per heavy atom. The van der Waals surface area contributed by atoms with Gasteiger partial charge in [-0.25, -0.2) is 9.13 Å². The van der Waals surface area contributed by atoms with Gasteiger partial charge < -0.3 is 33.8 Å². The molecule has 0 rings (SSSR count).